The molecular weight excluding hydrogens is 399 g/mol. The van der Waals surface area contributed by atoms with Crippen LogP contribution in [0.3, 0.4) is 0 Å². The Kier molecular flexibility index (Phi) is 7.69. The minimum Gasteiger partial charge on any atom is -0.495 e. The molecule has 1 atom stereocenters. The van der Waals surface area contributed by atoms with Gasteiger partial charge in [0.05, 0.1) is 18.1 Å². The van der Waals surface area contributed by atoms with E-state index in [1.54, 1.807) is 37.4 Å². The first kappa shape index (κ1) is 22.0. The third kappa shape index (κ3) is 4.76. The molecule has 0 saturated carbocycles. The average Bonchev–Trinajstić information content (AvgIpc) is 2.69. The van der Waals surface area contributed by atoms with Gasteiger partial charge in [-0.15, -0.1) is 0 Å². The van der Waals surface area contributed by atoms with Crippen LogP contribution >= 0.6 is 23.2 Å². The van der Waals surface area contributed by atoms with Gasteiger partial charge in [-0.05, 0) is 44.2 Å². The lowest BCUT2D eigenvalue weighted by Gasteiger charge is -2.20. The Morgan fingerprint density at radius 2 is 2.00 bits per heavy atom. The van der Waals surface area contributed by atoms with Crippen LogP contribution in [0.5, 0.6) is 5.75 Å². The number of nitrogens with two attached hydrogens (primary N) is 2. The summed E-state index contributed by atoms with van der Waals surface area (Å²) in [6, 6.07) is 8.64. The number of nitrogens with zero attached hydrogens (tertiary/aromatic N) is 1. The summed E-state index contributed by atoms with van der Waals surface area (Å²) < 4.78 is 5.40. The minimum atomic E-state index is -0.559. The predicted octanol–water partition coefficient (Wildman–Crippen LogP) is 4.09. The maximum atomic E-state index is 13.0. The first-order valence-corrected chi connectivity index (χ1v) is 9.45. The highest BCUT2D eigenvalue weighted by Crippen LogP contribution is 2.39. The molecule has 0 heterocycles. The number of amides is 1. The standard InChI is InChI=1S/C20H24Cl2N4O2/c1-11(25-2)15-10-12(4-7-17(15)24)26-20(27)14(8-9-23)13-5-6-16(21)18(22)19(13)28-3/h4-7,10,14H,8-9,23-24H2,1-3H3,(H,26,27)/b25-11-. The van der Waals surface area contributed by atoms with Gasteiger partial charge in [0.1, 0.15) is 10.8 Å². The Hall–Kier alpha value is -2.28. The van der Waals surface area contributed by atoms with Crippen molar-refractivity contribution < 1.29 is 9.53 Å². The monoisotopic (exact) mass is 422 g/mol. The van der Waals surface area contributed by atoms with Crippen LogP contribution in [0.1, 0.15) is 30.4 Å². The molecule has 0 saturated heterocycles. The molecule has 150 valence electrons. The number of carbonyl (C=O) groups excluding carboxylic acids is 1. The average molecular weight is 423 g/mol. The fraction of sp³-hybridized carbons (Fsp3) is 0.300. The van der Waals surface area contributed by atoms with Crippen molar-refractivity contribution in [1.82, 2.24) is 0 Å². The molecular formula is C20H24Cl2N4O2. The van der Waals surface area contributed by atoms with Gasteiger partial charge >= 0.3 is 0 Å². The van der Waals surface area contributed by atoms with Gasteiger partial charge in [0.15, 0.2) is 0 Å². The van der Waals surface area contributed by atoms with Crippen LogP contribution in [0.25, 0.3) is 0 Å². The van der Waals surface area contributed by atoms with E-state index < -0.39 is 5.92 Å². The molecule has 0 aliphatic carbocycles. The van der Waals surface area contributed by atoms with Crippen molar-refractivity contribution in [3.05, 3.63) is 51.5 Å². The molecule has 1 amide bonds. The Bertz CT molecular complexity index is 900. The second kappa shape index (κ2) is 9.78. The number of rotatable bonds is 7. The molecule has 6 nitrogen and oxygen atoms in total. The Labute approximate surface area is 174 Å². The number of hydrogen-bond donors (Lipinski definition) is 3. The summed E-state index contributed by atoms with van der Waals surface area (Å²) in [7, 11) is 3.17. The van der Waals surface area contributed by atoms with Gasteiger partial charge < -0.3 is 21.5 Å². The van der Waals surface area contributed by atoms with E-state index in [9.17, 15) is 4.79 Å². The predicted molar refractivity (Wildman–Crippen MR) is 117 cm³/mol. The molecule has 1 unspecified atom stereocenters. The summed E-state index contributed by atoms with van der Waals surface area (Å²) >= 11 is 12.3. The summed E-state index contributed by atoms with van der Waals surface area (Å²) in [5, 5.41) is 3.54. The van der Waals surface area contributed by atoms with Crippen LogP contribution in [-0.4, -0.2) is 32.3 Å². The summed E-state index contributed by atoms with van der Waals surface area (Å²) in [5.41, 5.74) is 15.1. The van der Waals surface area contributed by atoms with Crippen molar-refractivity contribution in [2.24, 2.45) is 10.7 Å². The highest BCUT2D eigenvalue weighted by atomic mass is 35.5. The van der Waals surface area contributed by atoms with E-state index in [1.165, 1.54) is 7.11 Å². The largest absolute Gasteiger partial charge is 0.495 e. The molecule has 5 N–H and O–H groups in total. The molecule has 2 aromatic carbocycles. The molecule has 0 fully saturated rings. The number of halogens is 2. The topological polar surface area (TPSA) is 103 Å². The highest BCUT2D eigenvalue weighted by Gasteiger charge is 2.26. The summed E-state index contributed by atoms with van der Waals surface area (Å²) in [6.07, 6.45) is 0.414. The second-order valence-electron chi connectivity index (χ2n) is 6.21. The SMILES string of the molecule is C/N=C(/C)c1cc(NC(=O)C(CCN)c2ccc(Cl)c(Cl)c2OC)ccc1N. The molecule has 2 aromatic rings. The zero-order valence-electron chi connectivity index (χ0n) is 16.1. The van der Waals surface area contributed by atoms with Crippen LogP contribution in [0, 0.1) is 0 Å². The lowest BCUT2D eigenvalue weighted by Crippen LogP contribution is -2.24. The van der Waals surface area contributed by atoms with Crippen LogP contribution in [0.4, 0.5) is 11.4 Å². The number of benzene rings is 2. The summed E-state index contributed by atoms with van der Waals surface area (Å²) in [4.78, 5) is 17.2. The summed E-state index contributed by atoms with van der Waals surface area (Å²) in [6.45, 7) is 2.17. The van der Waals surface area contributed by atoms with Gasteiger partial charge in [-0.1, -0.05) is 29.3 Å². The van der Waals surface area contributed by atoms with Crippen molar-refractivity contribution in [3.63, 3.8) is 0 Å². The van der Waals surface area contributed by atoms with E-state index in [2.05, 4.69) is 10.3 Å². The number of nitrogens with one attached hydrogen (secondary N) is 1. The molecule has 0 aliphatic rings. The molecule has 0 spiro atoms. The van der Waals surface area contributed by atoms with Crippen molar-refractivity contribution in [1.29, 1.82) is 0 Å². The fourth-order valence-electron chi connectivity index (χ4n) is 2.92. The Morgan fingerprint density at radius 3 is 2.61 bits per heavy atom. The van der Waals surface area contributed by atoms with Crippen LogP contribution in [0.2, 0.25) is 10.0 Å². The van der Waals surface area contributed by atoms with Gasteiger partial charge in [0.25, 0.3) is 0 Å². The number of nitrogen functional groups attached to an aromatic ring is 1. The van der Waals surface area contributed by atoms with Crippen molar-refractivity contribution >= 4 is 46.2 Å². The quantitative estimate of drug-likeness (QED) is 0.461. The third-order valence-electron chi connectivity index (χ3n) is 4.48. The van der Waals surface area contributed by atoms with Crippen LogP contribution in [0.15, 0.2) is 35.3 Å². The molecule has 2 rings (SSSR count). The molecule has 0 bridgehead atoms. The van der Waals surface area contributed by atoms with Gasteiger partial charge in [-0.3, -0.25) is 9.79 Å². The van der Waals surface area contributed by atoms with Crippen molar-refractivity contribution in [2.45, 2.75) is 19.3 Å². The lowest BCUT2D eigenvalue weighted by molar-refractivity contribution is -0.117. The second-order valence-corrected chi connectivity index (χ2v) is 7.00. The van der Waals surface area contributed by atoms with Gasteiger partial charge in [-0.25, -0.2) is 0 Å². The maximum absolute atomic E-state index is 13.0. The van der Waals surface area contributed by atoms with E-state index >= 15 is 0 Å². The Morgan fingerprint density at radius 1 is 1.29 bits per heavy atom. The number of carbonyl (C=O) groups is 1. The van der Waals surface area contributed by atoms with E-state index in [1.807, 2.05) is 6.92 Å². The van der Waals surface area contributed by atoms with Gasteiger partial charge in [0, 0.05) is 35.3 Å². The molecule has 0 aliphatic heterocycles. The highest BCUT2D eigenvalue weighted by molar-refractivity contribution is 6.43. The van der Waals surface area contributed by atoms with Gasteiger partial charge in [-0.2, -0.15) is 0 Å². The minimum absolute atomic E-state index is 0.232. The number of anilines is 2. The number of hydrogen-bond acceptors (Lipinski definition) is 5. The van der Waals surface area contributed by atoms with E-state index in [0.29, 0.717) is 40.7 Å². The zero-order chi connectivity index (χ0) is 20.8. The van der Waals surface area contributed by atoms with Crippen molar-refractivity contribution in [2.75, 3.05) is 31.8 Å². The third-order valence-corrected chi connectivity index (χ3v) is 5.26. The lowest BCUT2D eigenvalue weighted by atomic mass is 9.93. The first-order valence-electron chi connectivity index (χ1n) is 8.70. The molecule has 0 aromatic heterocycles. The molecule has 8 heteroatoms. The summed E-state index contributed by atoms with van der Waals surface area (Å²) in [5.74, 6) is -0.421. The normalized spacial score (nSPS) is 12.6. The van der Waals surface area contributed by atoms with E-state index in [0.717, 1.165) is 11.3 Å². The smallest absolute Gasteiger partial charge is 0.232 e. The number of aliphatic imine (C=N–C) groups is 1. The maximum Gasteiger partial charge on any atom is 0.232 e. The zero-order valence-corrected chi connectivity index (χ0v) is 17.6. The molecule has 28 heavy (non-hydrogen) atoms. The van der Waals surface area contributed by atoms with Crippen LogP contribution in [-0.2, 0) is 4.79 Å². The van der Waals surface area contributed by atoms with Gasteiger partial charge in [0.2, 0.25) is 5.91 Å². The van der Waals surface area contributed by atoms with E-state index in [4.69, 9.17) is 39.4 Å². The first-order chi connectivity index (χ1) is 13.3. The van der Waals surface area contributed by atoms with Crippen molar-refractivity contribution in [3.8, 4) is 5.75 Å². The Balaban J connectivity index is 2.39. The molecule has 0 radical (unpaired) electrons. The van der Waals surface area contributed by atoms with E-state index in [-0.39, 0.29) is 10.9 Å². The van der Waals surface area contributed by atoms with Crippen LogP contribution < -0.4 is 21.5 Å². The fourth-order valence-corrected chi connectivity index (χ4v) is 3.32. The number of methoxy groups -OCH3 is 1. The number of ether oxygens (including phenoxy) is 1.